The van der Waals surface area contributed by atoms with Crippen molar-refractivity contribution in [3.63, 3.8) is 0 Å². The summed E-state index contributed by atoms with van der Waals surface area (Å²) in [5.74, 6) is -0.211. The van der Waals surface area contributed by atoms with Gasteiger partial charge in [0.15, 0.2) is 17.5 Å². The van der Waals surface area contributed by atoms with E-state index in [1.165, 1.54) is 6.07 Å². The topological polar surface area (TPSA) is 37.8 Å². The average Bonchev–Trinajstić information content (AvgIpc) is 2.41. The Bertz CT molecular complexity index is 627. The Hall–Kier alpha value is -2.04. The summed E-state index contributed by atoms with van der Waals surface area (Å²) in [6.07, 6.45) is 0.803. The van der Waals surface area contributed by atoms with Crippen LogP contribution in [0.25, 0.3) is 11.4 Å². The second-order valence-corrected chi connectivity index (χ2v) is 5.33. The number of halogens is 2. The van der Waals surface area contributed by atoms with E-state index in [1.54, 1.807) is 0 Å². The second kappa shape index (κ2) is 6.61. The Balaban J connectivity index is 2.45. The van der Waals surface area contributed by atoms with Gasteiger partial charge in [-0.1, -0.05) is 13.8 Å². The molecule has 1 aromatic carbocycles. The summed E-state index contributed by atoms with van der Waals surface area (Å²) in [7, 11) is 0. The van der Waals surface area contributed by atoms with E-state index >= 15 is 0 Å². The first-order valence-corrected chi connectivity index (χ1v) is 7.06. The molecule has 1 heterocycles. The third-order valence-electron chi connectivity index (χ3n) is 2.93. The van der Waals surface area contributed by atoms with Gasteiger partial charge >= 0.3 is 0 Å². The predicted molar refractivity (Wildman–Crippen MR) is 80.1 cm³/mol. The van der Waals surface area contributed by atoms with E-state index in [0.29, 0.717) is 23.1 Å². The maximum atomic E-state index is 13.4. The molecule has 21 heavy (non-hydrogen) atoms. The van der Waals surface area contributed by atoms with Gasteiger partial charge in [-0.2, -0.15) is 0 Å². The second-order valence-electron chi connectivity index (χ2n) is 5.33. The zero-order valence-electron chi connectivity index (χ0n) is 12.5. The maximum Gasteiger partial charge on any atom is 0.161 e. The van der Waals surface area contributed by atoms with Crippen molar-refractivity contribution in [1.29, 1.82) is 0 Å². The van der Waals surface area contributed by atoms with Crippen LogP contribution in [-0.4, -0.2) is 16.5 Å². The van der Waals surface area contributed by atoms with E-state index in [-0.39, 0.29) is 0 Å². The number of hydrogen-bond donors (Lipinski definition) is 1. The van der Waals surface area contributed by atoms with Crippen LogP contribution in [0.4, 0.5) is 14.6 Å². The first-order valence-electron chi connectivity index (χ1n) is 7.06. The molecular formula is C16H19F2N3. The third kappa shape index (κ3) is 3.97. The molecule has 2 rings (SSSR count). The van der Waals surface area contributed by atoms with Crippen molar-refractivity contribution in [2.75, 3.05) is 11.9 Å². The summed E-state index contributed by atoms with van der Waals surface area (Å²) in [6.45, 7) is 6.91. The fourth-order valence-electron chi connectivity index (χ4n) is 2.06. The van der Waals surface area contributed by atoms with Gasteiger partial charge in [0.05, 0.1) is 0 Å². The Labute approximate surface area is 123 Å². The van der Waals surface area contributed by atoms with E-state index < -0.39 is 11.6 Å². The molecule has 0 unspecified atom stereocenters. The van der Waals surface area contributed by atoms with Crippen molar-refractivity contribution in [2.24, 2.45) is 5.92 Å². The highest BCUT2D eigenvalue weighted by Gasteiger charge is 2.10. The zero-order valence-corrected chi connectivity index (χ0v) is 12.5. The molecule has 0 aliphatic rings. The number of anilines is 1. The Kier molecular flexibility index (Phi) is 4.83. The summed E-state index contributed by atoms with van der Waals surface area (Å²) in [5.41, 5.74) is 1.36. The van der Waals surface area contributed by atoms with Gasteiger partial charge in [-0.15, -0.1) is 0 Å². The van der Waals surface area contributed by atoms with E-state index in [0.717, 1.165) is 30.8 Å². The lowest BCUT2D eigenvalue weighted by atomic mass is 10.1. The van der Waals surface area contributed by atoms with Crippen LogP contribution in [0.15, 0.2) is 24.3 Å². The van der Waals surface area contributed by atoms with Crippen molar-refractivity contribution >= 4 is 5.82 Å². The molecule has 5 heteroatoms. The zero-order chi connectivity index (χ0) is 15.4. The van der Waals surface area contributed by atoms with Crippen LogP contribution in [0.3, 0.4) is 0 Å². The van der Waals surface area contributed by atoms with Crippen molar-refractivity contribution in [2.45, 2.75) is 27.2 Å². The fourth-order valence-corrected chi connectivity index (χ4v) is 2.06. The number of rotatable bonds is 5. The largest absolute Gasteiger partial charge is 0.370 e. The Morgan fingerprint density at radius 2 is 1.86 bits per heavy atom. The van der Waals surface area contributed by atoms with Crippen LogP contribution < -0.4 is 5.32 Å². The number of benzene rings is 1. The molecule has 3 nitrogen and oxygen atoms in total. The molecule has 0 fully saturated rings. The summed E-state index contributed by atoms with van der Waals surface area (Å²) in [5, 5.41) is 3.14. The minimum absolute atomic E-state index is 0.406. The molecule has 0 bridgehead atoms. The summed E-state index contributed by atoms with van der Waals surface area (Å²) < 4.78 is 26.4. The highest BCUT2D eigenvalue weighted by molar-refractivity contribution is 5.57. The molecular weight excluding hydrogens is 272 g/mol. The molecule has 0 aliphatic carbocycles. The van der Waals surface area contributed by atoms with Crippen molar-refractivity contribution in [3.8, 4) is 11.4 Å². The molecule has 0 atom stereocenters. The van der Waals surface area contributed by atoms with Gasteiger partial charge in [-0.05, 0) is 37.5 Å². The van der Waals surface area contributed by atoms with Crippen molar-refractivity contribution < 1.29 is 8.78 Å². The third-order valence-corrected chi connectivity index (χ3v) is 2.93. The van der Waals surface area contributed by atoms with E-state index in [4.69, 9.17) is 0 Å². The smallest absolute Gasteiger partial charge is 0.161 e. The number of nitrogens with zero attached hydrogens (tertiary/aromatic N) is 2. The molecule has 1 N–H and O–H groups in total. The van der Waals surface area contributed by atoms with Crippen LogP contribution in [0, 0.1) is 17.6 Å². The first kappa shape index (κ1) is 15.4. The standard InChI is InChI=1S/C16H19F2N3/c1-4-19-15-9-12(7-10(2)3)20-16(21-15)11-5-6-13(17)14(18)8-11/h5-6,8-10H,4,7H2,1-3H3,(H,19,20,21). The minimum Gasteiger partial charge on any atom is -0.370 e. The van der Waals surface area contributed by atoms with E-state index in [1.807, 2.05) is 13.0 Å². The van der Waals surface area contributed by atoms with Gasteiger partial charge < -0.3 is 5.32 Å². The van der Waals surface area contributed by atoms with E-state index in [2.05, 4.69) is 29.1 Å². The number of aromatic nitrogens is 2. The van der Waals surface area contributed by atoms with Crippen molar-refractivity contribution in [3.05, 3.63) is 41.6 Å². The maximum absolute atomic E-state index is 13.4. The quantitative estimate of drug-likeness (QED) is 0.903. The molecule has 0 spiro atoms. The van der Waals surface area contributed by atoms with Crippen LogP contribution in [0.1, 0.15) is 26.5 Å². The lowest BCUT2D eigenvalue weighted by molar-refractivity contribution is 0.509. The molecule has 0 saturated carbocycles. The first-order chi connectivity index (χ1) is 9.99. The lowest BCUT2D eigenvalue weighted by Crippen LogP contribution is -2.06. The highest BCUT2D eigenvalue weighted by atomic mass is 19.2. The molecule has 0 aliphatic heterocycles. The summed E-state index contributed by atoms with van der Waals surface area (Å²) in [6, 6.07) is 5.60. The Morgan fingerprint density at radius 3 is 2.48 bits per heavy atom. The Morgan fingerprint density at radius 1 is 1.10 bits per heavy atom. The average molecular weight is 291 g/mol. The molecule has 0 radical (unpaired) electrons. The van der Waals surface area contributed by atoms with E-state index in [9.17, 15) is 8.78 Å². The molecule has 1 aromatic heterocycles. The van der Waals surface area contributed by atoms with Gasteiger partial charge in [-0.3, -0.25) is 0 Å². The number of nitrogens with one attached hydrogen (secondary N) is 1. The minimum atomic E-state index is -0.893. The normalized spacial score (nSPS) is 11.0. The highest BCUT2D eigenvalue weighted by Crippen LogP contribution is 2.21. The van der Waals surface area contributed by atoms with Gasteiger partial charge in [0.25, 0.3) is 0 Å². The van der Waals surface area contributed by atoms with Gasteiger partial charge in [0, 0.05) is 23.9 Å². The number of hydrogen-bond acceptors (Lipinski definition) is 3. The predicted octanol–water partition coefficient (Wildman–Crippen LogP) is 4.05. The summed E-state index contributed by atoms with van der Waals surface area (Å²) >= 11 is 0. The van der Waals surface area contributed by atoms with Crippen LogP contribution in [0.5, 0.6) is 0 Å². The molecule has 2 aromatic rings. The monoisotopic (exact) mass is 291 g/mol. The van der Waals surface area contributed by atoms with Crippen LogP contribution in [0.2, 0.25) is 0 Å². The van der Waals surface area contributed by atoms with Crippen molar-refractivity contribution in [1.82, 2.24) is 9.97 Å². The SMILES string of the molecule is CCNc1cc(CC(C)C)nc(-c2ccc(F)c(F)c2)n1. The lowest BCUT2D eigenvalue weighted by Gasteiger charge is -2.10. The fraction of sp³-hybridized carbons (Fsp3) is 0.375. The van der Waals surface area contributed by atoms with Gasteiger partial charge in [0.2, 0.25) is 0 Å². The van der Waals surface area contributed by atoms with Gasteiger partial charge in [0.1, 0.15) is 5.82 Å². The molecule has 0 saturated heterocycles. The molecule has 0 amide bonds. The van der Waals surface area contributed by atoms with Crippen LogP contribution >= 0.6 is 0 Å². The summed E-state index contributed by atoms with van der Waals surface area (Å²) in [4.78, 5) is 8.82. The molecule has 112 valence electrons. The van der Waals surface area contributed by atoms with Gasteiger partial charge in [-0.25, -0.2) is 18.7 Å². The van der Waals surface area contributed by atoms with Crippen LogP contribution in [-0.2, 0) is 6.42 Å².